The third-order valence-electron chi connectivity index (χ3n) is 2.34. The molecule has 5 nitrogen and oxygen atoms in total. The zero-order valence-electron chi connectivity index (χ0n) is 10.7. The molecule has 0 saturated heterocycles. The number of carbonyl (C=O) groups excluding carboxylic acids is 1. The Morgan fingerprint density at radius 1 is 1.60 bits per heavy atom. The Hall–Kier alpha value is -1.95. The lowest BCUT2D eigenvalue weighted by Gasteiger charge is -2.15. The van der Waals surface area contributed by atoms with Gasteiger partial charge in [0.15, 0.2) is 0 Å². The van der Waals surface area contributed by atoms with Crippen LogP contribution in [0, 0.1) is 11.3 Å². The minimum atomic E-state index is -4.33. The molecule has 1 unspecified atom stereocenters. The van der Waals surface area contributed by atoms with E-state index in [9.17, 15) is 18.0 Å². The molecule has 0 aliphatic heterocycles. The first kappa shape index (κ1) is 16.1. The number of nitriles is 1. The quantitative estimate of drug-likeness (QED) is 0.835. The summed E-state index contributed by atoms with van der Waals surface area (Å²) < 4.78 is 41.3. The van der Waals surface area contributed by atoms with Gasteiger partial charge in [-0.15, -0.1) is 11.3 Å². The summed E-state index contributed by atoms with van der Waals surface area (Å²) in [5, 5.41) is 11.6. The van der Waals surface area contributed by atoms with Gasteiger partial charge in [0.2, 0.25) is 0 Å². The van der Waals surface area contributed by atoms with Crippen LogP contribution in [0.15, 0.2) is 0 Å². The van der Waals surface area contributed by atoms with Crippen LogP contribution in [0.2, 0.25) is 0 Å². The van der Waals surface area contributed by atoms with Crippen molar-refractivity contribution < 1.29 is 22.7 Å². The van der Waals surface area contributed by atoms with Crippen molar-refractivity contribution in [1.82, 2.24) is 0 Å². The third-order valence-corrected chi connectivity index (χ3v) is 3.46. The van der Waals surface area contributed by atoms with Gasteiger partial charge in [0.05, 0.1) is 19.2 Å². The number of thiophene rings is 1. The van der Waals surface area contributed by atoms with Gasteiger partial charge in [-0.05, 0) is 6.92 Å². The second-order valence-electron chi connectivity index (χ2n) is 4.02. The van der Waals surface area contributed by atoms with Crippen LogP contribution in [-0.4, -0.2) is 25.3 Å². The van der Waals surface area contributed by atoms with Crippen LogP contribution < -0.4 is 11.1 Å². The summed E-state index contributed by atoms with van der Waals surface area (Å²) in [6.07, 6.45) is -5.39. The molecular formula is C11H12F3N3O2S. The average molecular weight is 307 g/mol. The first-order valence-corrected chi connectivity index (χ1v) is 6.25. The van der Waals surface area contributed by atoms with Crippen molar-refractivity contribution in [2.24, 2.45) is 0 Å². The number of carbonyl (C=O) groups is 1. The normalized spacial score (nSPS) is 12.6. The van der Waals surface area contributed by atoms with Crippen LogP contribution in [0.3, 0.4) is 0 Å². The molecule has 0 saturated carbocycles. The smallest absolute Gasteiger partial charge is 0.391 e. The summed E-state index contributed by atoms with van der Waals surface area (Å²) >= 11 is 0.797. The van der Waals surface area contributed by atoms with Crippen LogP contribution in [0.1, 0.15) is 28.6 Å². The van der Waals surface area contributed by atoms with E-state index in [1.807, 2.05) is 0 Å². The lowest BCUT2D eigenvalue weighted by Crippen LogP contribution is -2.23. The van der Waals surface area contributed by atoms with Gasteiger partial charge in [-0.25, -0.2) is 4.79 Å². The van der Waals surface area contributed by atoms with Crippen molar-refractivity contribution in [2.45, 2.75) is 25.6 Å². The van der Waals surface area contributed by atoms with E-state index in [0.29, 0.717) is 0 Å². The topological polar surface area (TPSA) is 88.1 Å². The summed E-state index contributed by atoms with van der Waals surface area (Å²) in [5.41, 5.74) is 5.48. The molecule has 1 rings (SSSR count). The minimum absolute atomic E-state index is 0.00856. The highest BCUT2D eigenvalue weighted by molar-refractivity contribution is 7.18. The van der Waals surface area contributed by atoms with Crippen LogP contribution in [0.4, 0.5) is 23.9 Å². The van der Waals surface area contributed by atoms with E-state index in [-0.39, 0.29) is 21.1 Å². The lowest BCUT2D eigenvalue weighted by atomic mass is 10.2. The maximum atomic E-state index is 12.3. The largest absolute Gasteiger partial charge is 0.465 e. The lowest BCUT2D eigenvalue weighted by molar-refractivity contribution is -0.136. The summed E-state index contributed by atoms with van der Waals surface area (Å²) in [6, 6.07) is 0.812. The van der Waals surface area contributed by atoms with Gasteiger partial charge in [-0.2, -0.15) is 18.4 Å². The third kappa shape index (κ3) is 3.77. The first-order chi connectivity index (χ1) is 9.19. The molecule has 0 aliphatic rings. The second kappa shape index (κ2) is 6.00. The molecule has 0 amide bonds. The predicted octanol–water partition coefficient (Wildman–Crippen LogP) is 2.74. The Morgan fingerprint density at radius 3 is 2.65 bits per heavy atom. The summed E-state index contributed by atoms with van der Waals surface area (Å²) in [5.74, 6) is -0.736. The predicted molar refractivity (Wildman–Crippen MR) is 68.5 cm³/mol. The number of hydrogen-bond donors (Lipinski definition) is 2. The maximum absolute atomic E-state index is 12.3. The average Bonchev–Trinajstić information content (AvgIpc) is 2.62. The molecule has 1 atom stereocenters. The van der Waals surface area contributed by atoms with Crippen LogP contribution in [0.25, 0.3) is 0 Å². The van der Waals surface area contributed by atoms with Gasteiger partial charge in [0, 0.05) is 6.04 Å². The van der Waals surface area contributed by atoms with Gasteiger partial charge in [0.25, 0.3) is 0 Å². The Balaban J connectivity index is 3.02. The van der Waals surface area contributed by atoms with Crippen LogP contribution in [-0.2, 0) is 4.74 Å². The Labute approximate surface area is 117 Å². The van der Waals surface area contributed by atoms with Crippen molar-refractivity contribution in [2.75, 3.05) is 18.2 Å². The van der Waals surface area contributed by atoms with Crippen LogP contribution >= 0.6 is 11.3 Å². The molecule has 0 fully saturated rings. The van der Waals surface area contributed by atoms with Crippen LogP contribution in [0.5, 0.6) is 0 Å². The van der Waals surface area contributed by atoms with E-state index in [1.54, 1.807) is 6.07 Å². The molecule has 3 N–H and O–H groups in total. The second-order valence-corrected chi connectivity index (χ2v) is 5.04. The molecule has 0 spiro atoms. The monoisotopic (exact) mass is 307 g/mol. The number of nitrogen functional groups attached to an aromatic ring is 1. The van der Waals surface area contributed by atoms with E-state index in [0.717, 1.165) is 18.4 Å². The van der Waals surface area contributed by atoms with E-state index in [2.05, 4.69) is 10.1 Å². The van der Waals surface area contributed by atoms with Gasteiger partial charge in [0.1, 0.15) is 21.5 Å². The number of nitrogens with zero attached hydrogens (tertiary/aromatic N) is 1. The van der Waals surface area contributed by atoms with E-state index < -0.39 is 24.6 Å². The molecule has 9 heteroatoms. The molecule has 0 bridgehead atoms. The van der Waals surface area contributed by atoms with Gasteiger partial charge >= 0.3 is 12.1 Å². The number of esters is 1. The highest BCUT2D eigenvalue weighted by Gasteiger charge is 2.31. The first-order valence-electron chi connectivity index (χ1n) is 5.43. The number of halogens is 3. The zero-order valence-corrected chi connectivity index (χ0v) is 11.5. The summed E-state index contributed by atoms with van der Waals surface area (Å²) in [4.78, 5) is 11.4. The molecule has 0 aromatic carbocycles. The number of hydrogen-bond acceptors (Lipinski definition) is 6. The number of rotatable bonds is 4. The van der Waals surface area contributed by atoms with Crippen molar-refractivity contribution in [1.29, 1.82) is 5.26 Å². The minimum Gasteiger partial charge on any atom is -0.465 e. The molecule has 20 heavy (non-hydrogen) atoms. The zero-order chi connectivity index (χ0) is 15.5. The molecular weight excluding hydrogens is 295 g/mol. The summed E-state index contributed by atoms with van der Waals surface area (Å²) in [6.45, 7) is 1.32. The van der Waals surface area contributed by atoms with E-state index >= 15 is 0 Å². The highest BCUT2D eigenvalue weighted by Crippen LogP contribution is 2.36. The highest BCUT2D eigenvalue weighted by atomic mass is 32.1. The molecule has 1 aromatic heterocycles. The fourth-order valence-electron chi connectivity index (χ4n) is 1.52. The number of ether oxygens (including phenoxy) is 1. The Kier molecular flexibility index (Phi) is 4.83. The standard InChI is InChI=1S/C11H12F3N3O2S/c1-5(3-11(12,13)14)17-9-6(4-15)7(16)8(20-9)10(18)19-2/h5,17H,3,16H2,1-2H3. The molecule has 1 heterocycles. The summed E-state index contributed by atoms with van der Waals surface area (Å²) in [7, 11) is 1.15. The molecule has 110 valence electrons. The fraction of sp³-hybridized carbons (Fsp3) is 0.455. The van der Waals surface area contributed by atoms with Crippen molar-refractivity contribution >= 4 is 28.0 Å². The SMILES string of the molecule is COC(=O)c1sc(NC(C)CC(F)(F)F)c(C#N)c1N. The van der Waals surface area contributed by atoms with Gasteiger partial charge in [-0.3, -0.25) is 0 Å². The molecule has 0 aliphatic carbocycles. The Bertz CT molecular complexity index is 548. The van der Waals surface area contributed by atoms with Crippen molar-refractivity contribution in [3.63, 3.8) is 0 Å². The fourth-order valence-corrected chi connectivity index (χ4v) is 2.62. The number of alkyl halides is 3. The van der Waals surface area contributed by atoms with Crippen molar-refractivity contribution in [3.8, 4) is 6.07 Å². The molecule has 0 radical (unpaired) electrons. The van der Waals surface area contributed by atoms with E-state index in [1.165, 1.54) is 6.92 Å². The maximum Gasteiger partial charge on any atom is 0.391 e. The van der Waals surface area contributed by atoms with Crippen molar-refractivity contribution in [3.05, 3.63) is 10.4 Å². The van der Waals surface area contributed by atoms with Gasteiger partial charge in [-0.1, -0.05) is 0 Å². The Morgan fingerprint density at radius 2 is 2.20 bits per heavy atom. The van der Waals surface area contributed by atoms with Gasteiger partial charge < -0.3 is 15.8 Å². The number of nitrogens with two attached hydrogens (primary N) is 1. The number of methoxy groups -OCH3 is 1. The van der Waals surface area contributed by atoms with E-state index in [4.69, 9.17) is 11.0 Å². The number of anilines is 2. The number of nitrogens with one attached hydrogen (secondary N) is 1. The molecule has 1 aromatic rings.